The lowest BCUT2D eigenvalue weighted by molar-refractivity contribution is 0.260. The molecular weight excluding hydrogens is 267 g/mol. The van der Waals surface area contributed by atoms with E-state index < -0.39 is 7.12 Å². The highest BCUT2D eigenvalue weighted by molar-refractivity contribution is 6.58. The lowest BCUT2D eigenvalue weighted by atomic mass is 9.80. The molecule has 0 aliphatic rings. The lowest BCUT2D eigenvalue weighted by Crippen LogP contribution is -2.29. The summed E-state index contributed by atoms with van der Waals surface area (Å²) < 4.78 is 11.5. The van der Waals surface area contributed by atoms with Gasteiger partial charge in [0.25, 0.3) is 0 Å². The summed E-state index contributed by atoms with van der Waals surface area (Å²) >= 11 is 0. The Balaban J connectivity index is 2.65. The minimum Gasteiger partial charge on any atom is -0.490 e. The molecule has 21 heavy (non-hydrogen) atoms. The Kier molecular flexibility index (Phi) is 8.94. The molecule has 0 aromatic heterocycles. The molecule has 0 saturated carbocycles. The molecule has 0 radical (unpaired) electrons. The highest BCUT2D eigenvalue weighted by atomic mass is 16.5. The molecule has 1 aromatic carbocycles. The van der Waals surface area contributed by atoms with Gasteiger partial charge in [-0.15, -0.1) is 0 Å². The highest BCUT2D eigenvalue weighted by Crippen LogP contribution is 2.26. The summed E-state index contributed by atoms with van der Waals surface area (Å²) in [6.07, 6.45) is 6.54. The fourth-order valence-electron chi connectivity index (χ4n) is 1.99. The van der Waals surface area contributed by atoms with E-state index in [9.17, 15) is 10.0 Å². The zero-order valence-corrected chi connectivity index (χ0v) is 13.2. The molecule has 0 amide bonds. The molecule has 0 bridgehead atoms. The van der Waals surface area contributed by atoms with Crippen molar-refractivity contribution in [1.82, 2.24) is 0 Å². The zero-order chi connectivity index (χ0) is 15.5. The average molecular weight is 294 g/mol. The number of ether oxygens (including phenoxy) is 2. The van der Waals surface area contributed by atoms with Crippen LogP contribution < -0.4 is 14.9 Å². The second kappa shape index (κ2) is 10.5. The molecule has 0 heterocycles. The number of benzene rings is 1. The van der Waals surface area contributed by atoms with Gasteiger partial charge in [0, 0.05) is 0 Å². The second-order valence-electron chi connectivity index (χ2n) is 5.19. The van der Waals surface area contributed by atoms with Gasteiger partial charge in [0.2, 0.25) is 0 Å². The largest absolute Gasteiger partial charge is 0.490 e. The molecule has 1 aromatic rings. The van der Waals surface area contributed by atoms with Crippen LogP contribution in [-0.2, 0) is 0 Å². The SMILES string of the molecule is CCCCCOc1ccc(B(O)O)cc1OCCCCC. The van der Waals surface area contributed by atoms with Crippen molar-refractivity contribution in [3.63, 3.8) is 0 Å². The van der Waals surface area contributed by atoms with E-state index in [1.54, 1.807) is 18.2 Å². The first-order valence-corrected chi connectivity index (χ1v) is 7.94. The quantitative estimate of drug-likeness (QED) is 0.486. The van der Waals surface area contributed by atoms with E-state index in [0.717, 1.165) is 38.5 Å². The van der Waals surface area contributed by atoms with Crippen LogP contribution in [0.3, 0.4) is 0 Å². The topological polar surface area (TPSA) is 58.9 Å². The molecule has 2 N–H and O–H groups in total. The first kappa shape index (κ1) is 17.9. The molecule has 0 unspecified atom stereocenters. The van der Waals surface area contributed by atoms with Crippen molar-refractivity contribution >= 4 is 12.6 Å². The maximum absolute atomic E-state index is 9.25. The van der Waals surface area contributed by atoms with Crippen LogP contribution in [0.4, 0.5) is 0 Å². The van der Waals surface area contributed by atoms with Gasteiger partial charge in [0.15, 0.2) is 11.5 Å². The zero-order valence-electron chi connectivity index (χ0n) is 13.2. The molecule has 0 saturated heterocycles. The van der Waals surface area contributed by atoms with Gasteiger partial charge in [-0.1, -0.05) is 45.6 Å². The van der Waals surface area contributed by atoms with Gasteiger partial charge in [0.1, 0.15) is 0 Å². The van der Waals surface area contributed by atoms with E-state index >= 15 is 0 Å². The van der Waals surface area contributed by atoms with Gasteiger partial charge in [-0.2, -0.15) is 0 Å². The normalized spacial score (nSPS) is 10.5. The molecular formula is C16H27BO4. The van der Waals surface area contributed by atoms with Gasteiger partial charge in [-0.25, -0.2) is 0 Å². The van der Waals surface area contributed by atoms with Crippen LogP contribution in [0.15, 0.2) is 18.2 Å². The van der Waals surface area contributed by atoms with Crippen LogP contribution in [0, 0.1) is 0 Å². The van der Waals surface area contributed by atoms with Gasteiger partial charge >= 0.3 is 7.12 Å². The van der Waals surface area contributed by atoms with E-state index in [4.69, 9.17) is 9.47 Å². The van der Waals surface area contributed by atoms with Gasteiger partial charge in [0.05, 0.1) is 13.2 Å². The third-order valence-electron chi connectivity index (χ3n) is 3.28. The van der Waals surface area contributed by atoms with E-state index in [1.807, 2.05) is 0 Å². The minimum absolute atomic E-state index is 0.418. The first-order chi connectivity index (χ1) is 10.2. The third-order valence-corrected chi connectivity index (χ3v) is 3.28. The summed E-state index contributed by atoms with van der Waals surface area (Å²) in [7, 11) is -1.49. The molecule has 0 atom stereocenters. The van der Waals surface area contributed by atoms with Crippen molar-refractivity contribution in [1.29, 1.82) is 0 Å². The summed E-state index contributed by atoms with van der Waals surface area (Å²) in [5, 5.41) is 18.5. The monoisotopic (exact) mass is 294 g/mol. The van der Waals surface area contributed by atoms with Crippen LogP contribution in [0.1, 0.15) is 52.4 Å². The summed E-state index contributed by atoms with van der Waals surface area (Å²) in [5.41, 5.74) is 0.418. The van der Waals surface area contributed by atoms with Crippen LogP contribution in [0.5, 0.6) is 11.5 Å². The van der Waals surface area contributed by atoms with Crippen molar-refractivity contribution in [3.05, 3.63) is 18.2 Å². The van der Waals surface area contributed by atoms with E-state index in [1.165, 1.54) is 0 Å². The summed E-state index contributed by atoms with van der Waals surface area (Å²) in [6, 6.07) is 5.04. The molecule has 4 nitrogen and oxygen atoms in total. The Morgan fingerprint density at radius 3 is 1.95 bits per heavy atom. The molecule has 1 rings (SSSR count). The number of rotatable bonds is 11. The number of hydrogen-bond acceptors (Lipinski definition) is 4. The molecule has 118 valence electrons. The van der Waals surface area contributed by atoms with Crippen molar-refractivity contribution in [2.45, 2.75) is 52.4 Å². The molecule has 5 heteroatoms. The average Bonchev–Trinajstić information content (AvgIpc) is 2.48. The highest BCUT2D eigenvalue weighted by Gasteiger charge is 2.15. The Labute approximate surface area is 128 Å². The number of unbranched alkanes of at least 4 members (excludes halogenated alkanes) is 4. The van der Waals surface area contributed by atoms with Crippen LogP contribution >= 0.6 is 0 Å². The maximum atomic E-state index is 9.25. The van der Waals surface area contributed by atoms with Crippen molar-refractivity contribution in [2.75, 3.05) is 13.2 Å². The van der Waals surface area contributed by atoms with Gasteiger partial charge in [-0.05, 0) is 30.4 Å². The lowest BCUT2D eigenvalue weighted by Gasteiger charge is -2.14. The fourth-order valence-corrected chi connectivity index (χ4v) is 1.99. The predicted molar refractivity (Wildman–Crippen MR) is 86.3 cm³/mol. The smallest absolute Gasteiger partial charge is 0.488 e. The van der Waals surface area contributed by atoms with Crippen LogP contribution in [-0.4, -0.2) is 30.4 Å². The summed E-state index contributed by atoms with van der Waals surface area (Å²) in [5.74, 6) is 1.26. The van der Waals surface area contributed by atoms with Crippen molar-refractivity contribution in [2.24, 2.45) is 0 Å². The van der Waals surface area contributed by atoms with E-state index in [0.29, 0.717) is 30.2 Å². The molecule has 0 fully saturated rings. The van der Waals surface area contributed by atoms with Crippen LogP contribution in [0.25, 0.3) is 0 Å². The van der Waals surface area contributed by atoms with Crippen molar-refractivity contribution < 1.29 is 19.5 Å². The first-order valence-electron chi connectivity index (χ1n) is 7.94. The van der Waals surface area contributed by atoms with Crippen LogP contribution in [0.2, 0.25) is 0 Å². The standard InChI is InChI=1S/C16H27BO4/c1-3-5-7-11-20-15-10-9-14(17(18)19)13-16(15)21-12-8-6-4-2/h9-10,13,18-19H,3-8,11-12H2,1-2H3. The summed E-state index contributed by atoms with van der Waals surface area (Å²) in [6.45, 7) is 5.56. The minimum atomic E-state index is -1.49. The Bertz CT molecular complexity index is 396. The Morgan fingerprint density at radius 1 is 0.857 bits per heavy atom. The Hall–Kier alpha value is -1.20. The van der Waals surface area contributed by atoms with Gasteiger partial charge in [-0.3, -0.25) is 0 Å². The number of hydrogen-bond donors (Lipinski definition) is 2. The van der Waals surface area contributed by atoms with Gasteiger partial charge < -0.3 is 19.5 Å². The molecule has 0 spiro atoms. The molecule has 0 aliphatic heterocycles. The molecule has 0 aliphatic carbocycles. The van der Waals surface area contributed by atoms with Crippen molar-refractivity contribution in [3.8, 4) is 11.5 Å². The Morgan fingerprint density at radius 2 is 1.43 bits per heavy atom. The van der Waals surface area contributed by atoms with E-state index in [2.05, 4.69) is 13.8 Å². The van der Waals surface area contributed by atoms with E-state index in [-0.39, 0.29) is 0 Å². The summed E-state index contributed by atoms with van der Waals surface area (Å²) in [4.78, 5) is 0. The predicted octanol–water partition coefficient (Wildman–Crippen LogP) is 2.50. The second-order valence-corrected chi connectivity index (χ2v) is 5.19. The third kappa shape index (κ3) is 6.87. The fraction of sp³-hybridized carbons (Fsp3) is 0.625. The maximum Gasteiger partial charge on any atom is 0.488 e.